The van der Waals surface area contributed by atoms with E-state index in [0.29, 0.717) is 21.5 Å². The monoisotopic (exact) mass is 358 g/mol. The van der Waals surface area contributed by atoms with Crippen LogP contribution in [0.2, 0.25) is 5.02 Å². The molecule has 3 aromatic rings. The van der Waals surface area contributed by atoms with Crippen LogP contribution in [0.4, 0.5) is 0 Å². The van der Waals surface area contributed by atoms with Crippen molar-refractivity contribution in [3.63, 3.8) is 0 Å². The molecule has 0 aliphatic heterocycles. The second-order valence-corrected chi connectivity index (χ2v) is 5.56. The third kappa shape index (κ3) is 3.48. The molecule has 9 heteroatoms. The normalized spacial score (nSPS) is 10.6. The molecule has 2 aromatic heterocycles. The average molecular weight is 359 g/mol. The number of amides is 1. The van der Waals surface area contributed by atoms with Crippen molar-refractivity contribution in [1.29, 1.82) is 0 Å². The number of rotatable bonds is 4. The van der Waals surface area contributed by atoms with E-state index < -0.39 is 17.4 Å². The van der Waals surface area contributed by atoms with Crippen molar-refractivity contribution in [2.75, 3.05) is 0 Å². The first-order valence-corrected chi connectivity index (χ1v) is 7.46. The maximum absolute atomic E-state index is 12.1. The molecule has 3 rings (SSSR count). The van der Waals surface area contributed by atoms with Gasteiger partial charge in [0.25, 0.3) is 11.5 Å². The Morgan fingerprint density at radius 1 is 1.24 bits per heavy atom. The maximum atomic E-state index is 12.1. The van der Waals surface area contributed by atoms with Crippen molar-refractivity contribution in [1.82, 2.24) is 20.3 Å². The van der Waals surface area contributed by atoms with E-state index in [9.17, 15) is 14.4 Å². The van der Waals surface area contributed by atoms with Gasteiger partial charge in [0.15, 0.2) is 0 Å². The van der Waals surface area contributed by atoms with Gasteiger partial charge in [0, 0.05) is 29.3 Å². The number of aromatic carboxylic acids is 1. The van der Waals surface area contributed by atoms with Gasteiger partial charge in [-0.25, -0.2) is 9.78 Å². The Morgan fingerprint density at radius 2 is 2.04 bits per heavy atom. The minimum atomic E-state index is -1.33. The second kappa shape index (κ2) is 6.70. The van der Waals surface area contributed by atoms with Crippen LogP contribution in [0.15, 0.2) is 41.6 Å². The molecular formula is C16H11ClN4O4. The number of nitrogens with zero attached hydrogens (tertiary/aromatic N) is 2. The van der Waals surface area contributed by atoms with Crippen molar-refractivity contribution < 1.29 is 14.7 Å². The molecule has 0 saturated carbocycles. The summed E-state index contributed by atoms with van der Waals surface area (Å²) < 4.78 is 0. The molecule has 0 bridgehead atoms. The average Bonchev–Trinajstić information content (AvgIpc) is 2.59. The number of pyridine rings is 1. The zero-order valence-electron chi connectivity index (χ0n) is 12.6. The van der Waals surface area contributed by atoms with E-state index in [1.807, 2.05) is 0 Å². The highest BCUT2D eigenvalue weighted by atomic mass is 35.5. The number of halogens is 1. The van der Waals surface area contributed by atoms with E-state index >= 15 is 0 Å². The largest absolute Gasteiger partial charge is 0.477 e. The van der Waals surface area contributed by atoms with Crippen LogP contribution in [0, 0.1) is 0 Å². The first kappa shape index (κ1) is 16.6. The molecule has 0 atom stereocenters. The zero-order valence-corrected chi connectivity index (χ0v) is 13.4. The molecule has 25 heavy (non-hydrogen) atoms. The molecule has 1 amide bonds. The summed E-state index contributed by atoms with van der Waals surface area (Å²) in [6.45, 7) is 0.0643. The van der Waals surface area contributed by atoms with E-state index in [-0.39, 0.29) is 17.8 Å². The molecule has 0 fully saturated rings. The molecule has 0 radical (unpaired) electrons. The summed E-state index contributed by atoms with van der Waals surface area (Å²) in [6.07, 6.45) is 4.17. The van der Waals surface area contributed by atoms with Crippen LogP contribution < -0.4 is 10.9 Å². The molecule has 2 heterocycles. The standard InChI is InChI=1S/C16H11ClN4O4/c17-10-3-8-5-11(16(24)25)14(22)21-13(8)9(4-10)6-20-15(23)12-7-18-1-2-19-12/h1-5,7H,6H2,(H,20,23)(H,21,22)(H,24,25). The van der Waals surface area contributed by atoms with E-state index in [2.05, 4.69) is 20.3 Å². The third-order valence-corrected chi connectivity index (χ3v) is 3.68. The van der Waals surface area contributed by atoms with Crippen LogP contribution in [0.3, 0.4) is 0 Å². The van der Waals surface area contributed by atoms with Gasteiger partial charge in [-0.3, -0.25) is 14.6 Å². The summed E-state index contributed by atoms with van der Waals surface area (Å²) in [5.41, 5.74) is -0.0312. The van der Waals surface area contributed by atoms with Crippen LogP contribution >= 0.6 is 11.6 Å². The highest BCUT2D eigenvalue weighted by Gasteiger charge is 2.14. The summed E-state index contributed by atoms with van der Waals surface area (Å²) in [5, 5.41) is 12.5. The van der Waals surface area contributed by atoms with Gasteiger partial charge in [0.2, 0.25) is 0 Å². The third-order valence-electron chi connectivity index (χ3n) is 3.46. The lowest BCUT2D eigenvalue weighted by molar-refractivity contribution is 0.0695. The second-order valence-electron chi connectivity index (χ2n) is 5.12. The van der Waals surface area contributed by atoms with Crippen LogP contribution in [-0.2, 0) is 6.54 Å². The minimum absolute atomic E-state index is 0.0643. The molecular weight excluding hydrogens is 348 g/mol. The number of carbonyl (C=O) groups is 2. The van der Waals surface area contributed by atoms with Crippen molar-refractivity contribution in [3.8, 4) is 0 Å². The number of hydrogen-bond donors (Lipinski definition) is 3. The first-order valence-electron chi connectivity index (χ1n) is 7.08. The Bertz CT molecular complexity index is 1030. The number of aromatic nitrogens is 3. The van der Waals surface area contributed by atoms with Crippen molar-refractivity contribution in [2.45, 2.75) is 6.54 Å². The smallest absolute Gasteiger partial charge is 0.341 e. The number of aromatic amines is 1. The van der Waals surface area contributed by atoms with Gasteiger partial charge in [-0.2, -0.15) is 0 Å². The molecule has 0 unspecified atom stereocenters. The van der Waals surface area contributed by atoms with E-state index in [1.165, 1.54) is 30.7 Å². The number of hydrogen-bond acceptors (Lipinski definition) is 5. The lowest BCUT2D eigenvalue weighted by Crippen LogP contribution is -2.24. The van der Waals surface area contributed by atoms with Crippen LogP contribution in [0.5, 0.6) is 0 Å². The van der Waals surface area contributed by atoms with Gasteiger partial charge in [-0.05, 0) is 23.8 Å². The van der Waals surface area contributed by atoms with Crippen molar-refractivity contribution in [2.24, 2.45) is 0 Å². The number of nitrogens with one attached hydrogen (secondary N) is 2. The Labute approximate surface area is 145 Å². The van der Waals surface area contributed by atoms with Gasteiger partial charge >= 0.3 is 5.97 Å². The zero-order chi connectivity index (χ0) is 18.0. The number of carboxylic acids is 1. The van der Waals surface area contributed by atoms with E-state index in [1.54, 1.807) is 6.07 Å². The van der Waals surface area contributed by atoms with Crippen LogP contribution in [-0.4, -0.2) is 31.9 Å². The lowest BCUT2D eigenvalue weighted by Gasteiger charge is -2.09. The lowest BCUT2D eigenvalue weighted by atomic mass is 10.1. The molecule has 3 N–H and O–H groups in total. The minimum Gasteiger partial charge on any atom is -0.477 e. The van der Waals surface area contributed by atoms with E-state index in [0.717, 1.165) is 0 Å². The van der Waals surface area contributed by atoms with Crippen molar-refractivity contribution >= 4 is 34.4 Å². The highest BCUT2D eigenvalue weighted by molar-refractivity contribution is 6.31. The quantitative estimate of drug-likeness (QED) is 0.650. The summed E-state index contributed by atoms with van der Waals surface area (Å²) >= 11 is 6.05. The number of H-pyrrole nitrogens is 1. The molecule has 0 saturated heterocycles. The summed E-state index contributed by atoms with van der Waals surface area (Å²) in [6, 6.07) is 4.36. The summed E-state index contributed by atoms with van der Waals surface area (Å²) in [4.78, 5) is 45.3. The summed E-state index contributed by atoms with van der Waals surface area (Å²) in [7, 11) is 0. The first-order chi connectivity index (χ1) is 12.0. The molecule has 8 nitrogen and oxygen atoms in total. The fraction of sp³-hybridized carbons (Fsp3) is 0.0625. The fourth-order valence-corrected chi connectivity index (χ4v) is 2.58. The Balaban J connectivity index is 1.96. The molecule has 0 spiro atoms. The van der Waals surface area contributed by atoms with Crippen molar-refractivity contribution in [3.05, 3.63) is 69.0 Å². The topological polar surface area (TPSA) is 125 Å². The van der Waals surface area contributed by atoms with Gasteiger partial charge in [-0.1, -0.05) is 11.6 Å². The van der Waals surface area contributed by atoms with Gasteiger partial charge in [-0.15, -0.1) is 0 Å². The number of fused-ring (bicyclic) bond motifs is 1. The predicted octanol–water partition coefficient (Wildman–Crippen LogP) is 1.60. The van der Waals surface area contributed by atoms with Gasteiger partial charge in [0.1, 0.15) is 11.3 Å². The molecule has 1 aromatic carbocycles. The Hall–Kier alpha value is -3.26. The Kier molecular flexibility index (Phi) is 4.44. The highest BCUT2D eigenvalue weighted by Crippen LogP contribution is 2.22. The number of benzene rings is 1. The Morgan fingerprint density at radius 3 is 2.72 bits per heavy atom. The maximum Gasteiger partial charge on any atom is 0.341 e. The predicted molar refractivity (Wildman–Crippen MR) is 89.7 cm³/mol. The van der Waals surface area contributed by atoms with Gasteiger partial charge in [0.05, 0.1) is 11.7 Å². The van der Waals surface area contributed by atoms with Crippen LogP contribution in [0.1, 0.15) is 26.4 Å². The summed E-state index contributed by atoms with van der Waals surface area (Å²) in [5.74, 6) is -1.77. The fourth-order valence-electron chi connectivity index (χ4n) is 2.34. The SMILES string of the molecule is O=C(NCc1cc(Cl)cc2cc(C(=O)O)c(=O)[nH]c12)c1cnccn1. The number of carbonyl (C=O) groups excluding carboxylic acids is 1. The molecule has 0 aliphatic carbocycles. The van der Waals surface area contributed by atoms with E-state index in [4.69, 9.17) is 16.7 Å². The van der Waals surface area contributed by atoms with Gasteiger partial charge < -0.3 is 15.4 Å². The van der Waals surface area contributed by atoms with Crippen LogP contribution in [0.25, 0.3) is 10.9 Å². The molecule has 126 valence electrons. The molecule has 0 aliphatic rings. The number of carboxylic acid groups (broad SMARTS) is 1.